The van der Waals surface area contributed by atoms with Gasteiger partial charge in [0.15, 0.2) is 3.95 Å². The quantitative estimate of drug-likeness (QED) is 0.583. The molecule has 0 bridgehead atoms. The van der Waals surface area contributed by atoms with E-state index in [1.807, 2.05) is 0 Å². The Hall–Kier alpha value is -1.37. The minimum Gasteiger partial charge on any atom is -0.284 e. The second-order valence-electron chi connectivity index (χ2n) is 7.39. The van der Waals surface area contributed by atoms with Crippen molar-refractivity contribution in [2.45, 2.75) is 37.4 Å². The number of hydrogen-bond donors (Lipinski definition) is 0. The molecule has 0 radical (unpaired) electrons. The summed E-state index contributed by atoms with van der Waals surface area (Å²) in [5, 5.41) is 5.70. The van der Waals surface area contributed by atoms with Crippen LogP contribution in [0.1, 0.15) is 19.8 Å². The van der Waals surface area contributed by atoms with Crippen LogP contribution < -0.4 is 4.90 Å². The molecular weight excluding hydrogens is 466 g/mol. The molecule has 1 saturated carbocycles. The average Bonchev–Trinajstić information content (AvgIpc) is 3.46. The summed E-state index contributed by atoms with van der Waals surface area (Å²) < 4.78 is 29.5. The fourth-order valence-corrected chi connectivity index (χ4v) is 6.16. The maximum atomic E-state index is 12.8. The molecule has 162 valence electrons. The average molecular weight is 488 g/mol. The number of piperazine rings is 1. The van der Waals surface area contributed by atoms with E-state index in [2.05, 4.69) is 10.00 Å². The molecular formula is C18H22ClN5O3S3. The molecule has 4 rings (SSSR count). The van der Waals surface area contributed by atoms with Crippen LogP contribution in [0.3, 0.4) is 0 Å². The molecule has 1 aliphatic carbocycles. The van der Waals surface area contributed by atoms with Gasteiger partial charge in [0.25, 0.3) is 0 Å². The van der Waals surface area contributed by atoms with Gasteiger partial charge in [0.2, 0.25) is 21.1 Å². The van der Waals surface area contributed by atoms with Crippen LogP contribution in [0.25, 0.3) is 0 Å². The Kier molecular flexibility index (Phi) is 6.29. The first-order chi connectivity index (χ1) is 14.3. The van der Waals surface area contributed by atoms with Crippen molar-refractivity contribution in [1.29, 1.82) is 0 Å². The monoisotopic (exact) mass is 487 g/mol. The summed E-state index contributed by atoms with van der Waals surface area (Å²) in [4.78, 5) is 16.1. The maximum absolute atomic E-state index is 12.8. The van der Waals surface area contributed by atoms with Gasteiger partial charge in [-0.2, -0.15) is 4.31 Å². The Labute approximate surface area is 189 Å². The number of benzene rings is 1. The molecule has 1 saturated heterocycles. The van der Waals surface area contributed by atoms with Crippen LogP contribution in [0.4, 0.5) is 5.13 Å². The molecule has 2 aromatic rings. The number of rotatable bonds is 6. The van der Waals surface area contributed by atoms with Crippen LogP contribution in [-0.4, -0.2) is 65.5 Å². The van der Waals surface area contributed by atoms with Gasteiger partial charge >= 0.3 is 0 Å². The van der Waals surface area contributed by atoms with Gasteiger partial charge in [0, 0.05) is 44.2 Å². The third-order valence-electron chi connectivity index (χ3n) is 5.17. The summed E-state index contributed by atoms with van der Waals surface area (Å²) in [6, 6.07) is 6.45. The molecule has 2 fully saturated rings. The highest BCUT2D eigenvalue weighted by atomic mass is 35.5. The van der Waals surface area contributed by atoms with E-state index in [9.17, 15) is 13.2 Å². The minimum atomic E-state index is -3.54. The number of hydrogen-bond acceptors (Lipinski definition) is 7. The summed E-state index contributed by atoms with van der Waals surface area (Å²) in [6.07, 6.45) is 1.99. The van der Waals surface area contributed by atoms with E-state index < -0.39 is 10.0 Å². The van der Waals surface area contributed by atoms with E-state index >= 15 is 0 Å². The van der Waals surface area contributed by atoms with E-state index in [1.165, 1.54) is 27.8 Å². The van der Waals surface area contributed by atoms with Gasteiger partial charge in [-0.1, -0.05) is 22.9 Å². The van der Waals surface area contributed by atoms with Crippen molar-refractivity contribution >= 4 is 56.2 Å². The Morgan fingerprint density at radius 3 is 2.43 bits per heavy atom. The molecule has 0 spiro atoms. The Morgan fingerprint density at radius 2 is 1.87 bits per heavy atom. The normalized spacial score (nSPS) is 18.5. The molecule has 12 heteroatoms. The van der Waals surface area contributed by atoms with Crippen molar-refractivity contribution in [3.63, 3.8) is 0 Å². The Bertz CT molecular complexity index is 1090. The van der Waals surface area contributed by atoms with Gasteiger partial charge in [-0.3, -0.25) is 14.6 Å². The Morgan fingerprint density at radius 1 is 1.23 bits per heavy atom. The van der Waals surface area contributed by atoms with Crippen molar-refractivity contribution in [3.05, 3.63) is 33.2 Å². The van der Waals surface area contributed by atoms with Crippen molar-refractivity contribution in [3.8, 4) is 0 Å². The highest BCUT2D eigenvalue weighted by molar-refractivity contribution is 7.89. The topological polar surface area (TPSA) is 78.8 Å². The number of amides is 1. The SMILES string of the molecule is CC(=O)N(c1nn(CN2CCN(S(=O)(=O)c3ccc(Cl)cc3)CC2)c(=S)s1)C1CC1. The number of carbonyl (C=O) groups excluding carboxylic acids is 1. The number of carbonyl (C=O) groups is 1. The lowest BCUT2D eigenvalue weighted by molar-refractivity contribution is -0.116. The lowest BCUT2D eigenvalue weighted by Crippen LogP contribution is -2.48. The van der Waals surface area contributed by atoms with Crippen molar-refractivity contribution in [2.24, 2.45) is 0 Å². The van der Waals surface area contributed by atoms with E-state index in [0.717, 1.165) is 12.8 Å². The summed E-state index contributed by atoms with van der Waals surface area (Å²) in [6.45, 7) is 3.93. The van der Waals surface area contributed by atoms with Gasteiger partial charge < -0.3 is 0 Å². The summed E-state index contributed by atoms with van der Waals surface area (Å²) in [7, 11) is -3.54. The van der Waals surface area contributed by atoms with E-state index in [1.54, 1.807) is 28.6 Å². The van der Waals surface area contributed by atoms with Crippen LogP contribution in [0.15, 0.2) is 29.2 Å². The number of nitrogens with zero attached hydrogens (tertiary/aromatic N) is 5. The van der Waals surface area contributed by atoms with E-state index in [4.69, 9.17) is 23.8 Å². The number of halogens is 1. The largest absolute Gasteiger partial charge is 0.284 e. The predicted octanol–water partition coefficient (Wildman–Crippen LogP) is 2.81. The predicted molar refractivity (Wildman–Crippen MR) is 119 cm³/mol. The van der Waals surface area contributed by atoms with Crippen molar-refractivity contribution in [1.82, 2.24) is 19.0 Å². The fourth-order valence-electron chi connectivity index (χ4n) is 3.42. The molecule has 2 heterocycles. The van der Waals surface area contributed by atoms with Gasteiger partial charge in [-0.05, 0) is 49.3 Å². The van der Waals surface area contributed by atoms with Crippen LogP contribution >= 0.6 is 35.2 Å². The molecule has 1 aliphatic heterocycles. The van der Waals surface area contributed by atoms with Crippen molar-refractivity contribution < 1.29 is 13.2 Å². The lowest BCUT2D eigenvalue weighted by Gasteiger charge is -2.33. The number of anilines is 1. The highest BCUT2D eigenvalue weighted by Crippen LogP contribution is 2.33. The second-order valence-corrected chi connectivity index (χ2v) is 11.4. The summed E-state index contributed by atoms with van der Waals surface area (Å²) >= 11 is 12.6. The standard InChI is InChI=1S/C18H22ClN5O3S3/c1-13(25)24(15-4-5-15)17-20-23(18(28)29-17)12-21-8-10-22(11-9-21)30(26,27)16-6-2-14(19)3-7-16/h2-3,6-7,15H,4-5,8-12H2,1H3. The van der Waals surface area contributed by atoms with Crippen molar-refractivity contribution in [2.75, 3.05) is 31.1 Å². The third-order valence-corrected chi connectivity index (χ3v) is 8.64. The fraction of sp³-hybridized carbons (Fsp3) is 0.500. The molecule has 1 amide bonds. The first kappa shape index (κ1) is 21.8. The first-order valence-corrected chi connectivity index (χ1v) is 12.7. The summed E-state index contributed by atoms with van der Waals surface area (Å²) in [5.41, 5.74) is 0. The van der Waals surface area contributed by atoms with Gasteiger partial charge in [0.1, 0.15) is 0 Å². The van der Waals surface area contributed by atoms with Crippen LogP contribution in [-0.2, 0) is 21.5 Å². The van der Waals surface area contributed by atoms with E-state index in [0.29, 0.717) is 47.0 Å². The molecule has 1 aromatic heterocycles. The Balaban J connectivity index is 1.40. The van der Waals surface area contributed by atoms with E-state index in [-0.39, 0.29) is 16.8 Å². The third kappa shape index (κ3) is 4.61. The first-order valence-electron chi connectivity index (χ1n) is 9.61. The van der Waals surface area contributed by atoms with Gasteiger partial charge in [-0.25, -0.2) is 13.1 Å². The molecule has 1 aromatic carbocycles. The van der Waals surface area contributed by atoms with Gasteiger partial charge in [0.05, 0.1) is 11.6 Å². The second kappa shape index (κ2) is 8.64. The molecule has 0 N–H and O–H groups in total. The van der Waals surface area contributed by atoms with Crippen LogP contribution in [0.2, 0.25) is 5.02 Å². The summed E-state index contributed by atoms with van der Waals surface area (Å²) in [5.74, 6) is -0.0191. The minimum absolute atomic E-state index is 0.0191. The molecule has 8 nitrogen and oxygen atoms in total. The number of aromatic nitrogens is 2. The maximum Gasteiger partial charge on any atom is 0.243 e. The van der Waals surface area contributed by atoms with Crippen LogP contribution in [0.5, 0.6) is 0 Å². The highest BCUT2D eigenvalue weighted by Gasteiger charge is 2.34. The van der Waals surface area contributed by atoms with Gasteiger partial charge in [-0.15, -0.1) is 5.10 Å². The number of sulfonamides is 1. The zero-order chi connectivity index (χ0) is 21.5. The molecule has 30 heavy (non-hydrogen) atoms. The molecule has 0 atom stereocenters. The molecule has 0 unspecified atom stereocenters. The lowest BCUT2D eigenvalue weighted by atomic mass is 10.4. The zero-order valence-electron chi connectivity index (χ0n) is 16.4. The zero-order valence-corrected chi connectivity index (χ0v) is 19.6. The smallest absolute Gasteiger partial charge is 0.243 e. The van der Waals surface area contributed by atoms with Crippen LogP contribution in [0, 0.1) is 3.95 Å². The molecule has 2 aliphatic rings.